The van der Waals surface area contributed by atoms with E-state index in [1.807, 2.05) is 0 Å². The van der Waals surface area contributed by atoms with Gasteiger partial charge in [0.05, 0.1) is 18.6 Å². The first kappa shape index (κ1) is 20.5. The zero-order chi connectivity index (χ0) is 19.8. The van der Waals surface area contributed by atoms with Crippen molar-refractivity contribution in [2.24, 2.45) is 0 Å². The molecule has 0 fully saturated rings. The summed E-state index contributed by atoms with van der Waals surface area (Å²) in [6.07, 6.45) is -0.365. The molecule has 8 heteroatoms. The summed E-state index contributed by atoms with van der Waals surface area (Å²) in [5, 5.41) is 11.5. The second-order valence-electron chi connectivity index (χ2n) is 5.63. The Balaban J connectivity index is 2.09. The summed E-state index contributed by atoms with van der Waals surface area (Å²) in [5.41, 5.74) is 0.852. The highest BCUT2D eigenvalue weighted by molar-refractivity contribution is 6.31. The van der Waals surface area contributed by atoms with Crippen LogP contribution in [0.4, 0.5) is 4.39 Å². The van der Waals surface area contributed by atoms with Crippen LogP contribution in [0.5, 0.6) is 11.5 Å². The van der Waals surface area contributed by atoms with Crippen LogP contribution in [0.3, 0.4) is 0 Å². The van der Waals surface area contributed by atoms with Crippen molar-refractivity contribution in [2.75, 3.05) is 7.11 Å². The van der Waals surface area contributed by atoms with E-state index >= 15 is 0 Å². The predicted molar refractivity (Wildman–Crippen MR) is 97.5 cm³/mol. The Kier molecular flexibility index (Phi) is 7.43. The summed E-state index contributed by atoms with van der Waals surface area (Å²) in [4.78, 5) is 22.2. The summed E-state index contributed by atoms with van der Waals surface area (Å²) in [6, 6.07) is 9.38. The molecule has 0 spiro atoms. The monoisotopic (exact) mass is 395 g/mol. The van der Waals surface area contributed by atoms with E-state index in [9.17, 15) is 14.0 Å². The zero-order valence-corrected chi connectivity index (χ0v) is 15.4. The maximum absolute atomic E-state index is 13.9. The van der Waals surface area contributed by atoms with Crippen LogP contribution >= 0.6 is 11.6 Å². The highest BCUT2D eigenvalue weighted by Gasteiger charge is 2.12. The Morgan fingerprint density at radius 1 is 1.22 bits per heavy atom. The number of methoxy groups -OCH3 is 1. The van der Waals surface area contributed by atoms with Gasteiger partial charge in [0.15, 0.2) is 0 Å². The molecule has 2 N–H and O–H groups in total. The van der Waals surface area contributed by atoms with Gasteiger partial charge in [0.25, 0.3) is 0 Å². The van der Waals surface area contributed by atoms with Crippen molar-refractivity contribution in [1.82, 2.24) is 5.32 Å². The molecule has 0 saturated carbocycles. The Labute approximate surface area is 160 Å². The second kappa shape index (κ2) is 9.78. The fourth-order valence-corrected chi connectivity index (χ4v) is 2.48. The lowest BCUT2D eigenvalue weighted by Crippen LogP contribution is -2.23. The highest BCUT2D eigenvalue weighted by Crippen LogP contribution is 2.27. The molecule has 27 heavy (non-hydrogen) atoms. The lowest BCUT2D eigenvalue weighted by atomic mass is 10.1. The molecular weight excluding hydrogens is 377 g/mol. The van der Waals surface area contributed by atoms with E-state index in [2.05, 4.69) is 5.32 Å². The Morgan fingerprint density at radius 2 is 2.00 bits per heavy atom. The average Bonchev–Trinajstić information content (AvgIpc) is 2.64. The number of carboxylic acids is 1. The Bertz CT molecular complexity index is 807. The van der Waals surface area contributed by atoms with Crippen LogP contribution in [0, 0.1) is 5.82 Å². The molecule has 144 valence electrons. The van der Waals surface area contributed by atoms with Gasteiger partial charge in [-0.1, -0.05) is 17.7 Å². The summed E-state index contributed by atoms with van der Waals surface area (Å²) < 4.78 is 24.8. The molecule has 0 atom stereocenters. The number of ether oxygens (including phenoxy) is 2. The minimum Gasteiger partial charge on any atom is -0.497 e. The van der Waals surface area contributed by atoms with Crippen LogP contribution in [0.1, 0.15) is 24.0 Å². The standard InChI is InChI=1S/C19H19ClFNO5/c1-26-13-6-5-12(10-22-18(23)7-8-19(24)25)17(9-13)27-11-14-15(20)3-2-4-16(14)21/h2-6,9H,7-8,10-11H2,1H3,(H,22,23)(H,24,25). The third-order valence-electron chi connectivity index (χ3n) is 3.75. The summed E-state index contributed by atoms with van der Waals surface area (Å²) >= 11 is 6.01. The molecule has 0 unspecified atom stereocenters. The van der Waals surface area contributed by atoms with E-state index in [0.29, 0.717) is 17.1 Å². The van der Waals surface area contributed by atoms with E-state index in [1.165, 1.54) is 19.2 Å². The number of nitrogens with one attached hydrogen (secondary N) is 1. The smallest absolute Gasteiger partial charge is 0.303 e. The minimum atomic E-state index is -1.04. The number of carboxylic acid groups (broad SMARTS) is 1. The van der Waals surface area contributed by atoms with Crippen LogP contribution in [0.25, 0.3) is 0 Å². The van der Waals surface area contributed by atoms with Gasteiger partial charge in [-0.25, -0.2) is 4.39 Å². The van der Waals surface area contributed by atoms with Crippen LogP contribution in [0.2, 0.25) is 5.02 Å². The molecule has 1 amide bonds. The largest absolute Gasteiger partial charge is 0.497 e. The van der Waals surface area contributed by atoms with Crippen molar-refractivity contribution >= 4 is 23.5 Å². The fourth-order valence-electron chi connectivity index (χ4n) is 2.27. The fraction of sp³-hybridized carbons (Fsp3) is 0.263. The van der Waals surface area contributed by atoms with E-state index < -0.39 is 17.7 Å². The van der Waals surface area contributed by atoms with Crippen LogP contribution < -0.4 is 14.8 Å². The maximum atomic E-state index is 13.9. The van der Waals surface area contributed by atoms with Crippen LogP contribution in [-0.4, -0.2) is 24.1 Å². The summed E-state index contributed by atoms with van der Waals surface area (Å²) in [6.45, 7) is 0.0292. The first-order valence-corrected chi connectivity index (χ1v) is 8.49. The number of aliphatic carboxylic acids is 1. The van der Waals surface area contributed by atoms with Gasteiger partial charge in [0.1, 0.15) is 23.9 Å². The quantitative estimate of drug-likeness (QED) is 0.678. The Morgan fingerprint density at radius 3 is 2.67 bits per heavy atom. The number of hydrogen-bond donors (Lipinski definition) is 2. The first-order chi connectivity index (χ1) is 12.9. The zero-order valence-electron chi connectivity index (χ0n) is 14.6. The van der Waals surface area contributed by atoms with Crippen molar-refractivity contribution < 1.29 is 28.6 Å². The molecule has 0 bridgehead atoms. The molecule has 2 rings (SSSR count). The van der Waals surface area contributed by atoms with Crippen molar-refractivity contribution in [3.05, 3.63) is 58.4 Å². The number of halogens is 2. The molecule has 0 aliphatic carbocycles. The number of amides is 1. The molecule has 0 heterocycles. The number of hydrogen-bond acceptors (Lipinski definition) is 4. The summed E-state index contributed by atoms with van der Waals surface area (Å²) in [7, 11) is 1.50. The van der Waals surface area contributed by atoms with Gasteiger partial charge >= 0.3 is 5.97 Å². The minimum absolute atomic E-state index is 0.0986. The van der Waals surface area contributed by atoms with E-state index in [1.54, 1.807) is 24.3 Å². The van der Waals surface area contributed by atoms with Gasteiger partial charge in [0, 0.05) is 30.2 Å². The highest BCUT2D eigenvalue weighted by atomic mass is 35.5. The maximum Gasteiger partial charge on any atom is 0.303 e. The van der Waals surface area contributed by atoms with Crippen molar-refractivity contribution in [3.8, 4) is 11.5 Å². The van der Waals surface area contributed by atoms with Crippen LogP contribution in [0.15, 0.2) is 36.4 Å². The molecule has 6 nitrogen and oxygen atoms in total. The second-order valence-corrected chi connectivity index (χ2v) is 6.04. The van der Waals surface area contributed by atoms with Crippen LogP contribution in [-0.2, 0) is 22.7 Å². The van der Waals surface area contributed by atoms with Gasteiger partial charge in [-0.2, -0.15) is 0 Å². The van der Waals surface area contributed by atoms with Crippen molar-refractivity contribution in [1.29, 1.82) is 0 Å². The molecule has 0 aromatic heterocycles. The van der Waals surface area contributed by atoms with Gasteiger partial charge in [0.2, 0.25) is 5.91 Å². The third kappa shape index (κ3) is 6.14. The molecular formula is C19H19ClFNO5. The van der Waals surface area contributed by atoms with Gasteiger partial charge < -0.3 is 19.9 Å². The number of carbonyl (C=O) groups excluding carboxylic acids is 1. The van der Waals surface area contributed by atoms with E-state index in [0.717, 1.165) is 0 Å². The predicted octanol–water partition coefficient (Wildman–Crippen LogP) is 3.55. The molecule has 0 aliphatic rings. The molecule has 2 aromatic carbocycles. The van der Waals surface area contributed by atoms with Gasteiger partial charge in [-0.15, -0.1) is 0 Å². The SMILES string of the molecule is COc1ccc(CNC(=O)CCC(=O)O)c(OCc2c(F)cccc2Cl)c1. The molecule has 0 saturated heterocycles. The Hall–Kier alpha value is -2.80. The normalized spacial score (nSPS) is 10.3. The molecule has 2 aromatic rings. The average molecular weight is 396 g/mol. The van der Waals surface area contributed by atoms with Crippen molar-refractivity contribution in [2.45, 2.75) is 26.0 Å². The molecule has 0 aliphatic heterocycles. The van der Waals surface area contributed by atoms with Crippen molar-refractivity contribution in [3.63, 3.8) is 0 Å². The number of rotatable bonds is 9. The van der Waals surface area contributed by atoms with Gasteiger partial charge in [-0.05, 0) is 24.3 Å². The topological polar surface area (TPSA) is 84.9 Å². The van der Waals surface area contributed by atoms with E-state index in [4.69, 9.17) is 26.2 Å². The molecule has 0 radical (unpaired) electrons. The van der Waals surface area contributed by atoms with E-state index in [-0.39, 0.29) is 36.6 Å². The summed E-state index contributed by atoms with van der Waals surface area (Å²) in [5.74, 6) is -0.983. The first-order valence-electron chi connectivity index (χ1n) is 8.11. The third-order valence-corrected chi connectivity index (χ3v) is 4.10. The number of benzene rings is 2. The van der Waals surface area contributed by atoms with Gasteiger partial charge in [-0.3, -0.25) is 9.59 Å². The lowest BCUT2D eigenvalue weighted by molar-refractivity contribution is -0.138. The lowest BCUT2D eigenvalue weighted by Gasteiger charge is -2.14. The number of carbonyl (C=O) groups is 2.